The lowest BCUT2D eigenvalue weighted by molar-refractivity contribution is -0.145. The number of fused-ring (bicyclic) bond motifs is 1. The van der Waals surface area contributed by atoms with Crippen LogP contribution in [0.4, 0.5) is 0 Å². The molecule has 0 aromatic heterocycles. The standard InChI is InChI=1S/C21H23NO4/c1-14-5-7-15(8-6-14)20(22-11-3-2-4-17(22)21(23)24)16-9-10-18-19(12-16)26-13-25-18/h5-10,12,17,20H,2-4,11,13H2,1H3,(H,23,24). The number of rotatable bonds is 4. The van der Waals surface area contributed by atoms with E-state index in [0.29, 0.717) is 6.42 Å². The highest BCUT2D eigenvalue weighted by Gasteiger charge is 2.35. The van der Waals surface area contributed by atoms with E-state index in [1.165, 1.54) is 5.56 Å². The van der Waals surface area contributed by atoms with Crippen LogP contribution in [0.25, 0.3) is 0 Å². The van der Waals surface area contributed by atoms with Crippen LogP contribution in [-0.2, 0) is 4.79 Å². The maximum atomic E-state index is 11.9. The first-order chi connectivity index (χ1) is 12.6. The number of carbonyl (C=O) groups is 1. The zero-order valence-electron chi connectivity index (χ0n) is 14.9. The summed E-state index contributed by atoms with van der Waals surface area (Å²) in [6.07, 6.45) is 2.65. The van der Waals surface area contributed by atoms with Crippen LogP contribution in [0.1, 0.15) is 42.0 Å². The molecule has 2 aliphatic rings. The van der Waals surface area contributed by atoms with Crippen LogP contribution in [0.2, 0.25) is 0 Å². The van der Waals surface area contributed by atoms with Crippen LogP contribution in [-0.4, -0.2) is 35.4 Å². The summed E-state index contributed by atoms with van der Waals surface area (Å²) in [6, 6.07) is 13.7. The first-order valence-electron chi connectivity index (χ1n) is 9.08. The van der Waals surface area contributed by atoms with E-state index in [2.05, 4.69) is 36.1 Å². The van der Waals surface area contributed by atoms with Gasteiger partial charge in [-0.25, -0.2) is 0 Å². The molecule has 0 bridgehead atoms. The molecule has 1 N–H and O–H groups in total. The predicted octanol–water partition coefficient (Wildman–Crippen LogP) is 3.75. The number of hydrogen-bond donors (Lipinski definition) is 1. The van der Waals surface area contributed by atoms with E-state index in [1.807, 2.05) is 18.2 Å². The van der Waals surface area contributed by atoms with Gasteiger partial charge in [-0.1, -0.05) is 42.3 Å². The second kappa shape index (κ2) is 7.00. The van der Waals surface area contributed by atoms with Crippen LogP contribution in [0.15, 0.2) is 42.5 Å². The molecule has 1 fully saturated rings. The lowest BCUT2D eigenvalue weighted by Crippen LogP contribution is -2.46. The Morgan fingerprint density at radius 3 is 2.58 bits per heavy atom. The molecule has 1 saturated heterocycles. The molecule has 0 saturated carbocycles. The molecule has 5 nitrogen and oxygen atoms in total. The van der Waals surface area contributed by atoms with Crippen molar-refractivity contribution in [3.63, 3.8) is 0 Å². The summed E-state index contributed by atoms with van der Waals surface area (Å²) in [6.45, 7) is 3.06. The van der Waals surface area contributed by atoms with Gasteiger partial charge in [0.05, 0.1) is 6.04 Å². The zero-order chi connectivity index (χ0) is 18.1. The molecule has 0 aliphatic carbocycles. The number of carboxylic acid groups (broad SMARTS) is 1. The van der Waals surface area contributed by atoms with Crippen molar-refractivity contribution in [3.05, 3.63) is 59.2 Å². The topological polar surface area (TPSA) is 59.0 Å². The molecular weight excluding hydrogens is 330 g/mol. The van der Waals surface area contributed by atoms with E-state index in [0.717, 1.165) is 42.0 Å². The van der Waals surface area contributed by atoms with Crippen molar-refractivity contribution in [2.75, 3.05) is 13.3 Å². The van der Waals surface area contributed by atoms with E-state index in [-0.39, 0.29) is 12.8 Å². The lowest BCUT2D eigenvalue weighted by Gasteiger charge is -2.39. The van der Waals surface area contributed by atoms with Crippen molar-refractivity contribution >= 4 is 5.97 Å². The van der Waals surface area contributed by atoms with Crippen molar-refractivity contribution in [2.24, 2.45) is 0 Å². The van der Waals surface area contributed by atoms with Crippen molar-refractivity contribution < 1.29 is 19.4 Å². The summed E-state index contributed by atoms with van der Waals surface area (Å²) in [4.78, 5) is 14.0. The SMILES string of the molecule is Cc1ccc(C(c2ccc3c(c2)OCO3)N2CCCCC2C(=O)O)cc1. The van der Waals surface area contributed by atoms with E-state index < -0.39 is 12.0 Å². The molecule has 2 unspecified atom stereocenters. The van der Waals surface area contributed by atoms with Crippen LogP contribution < -0.4 is 9.47 Å². The molecule has 2 aromatic carbocycles. The van der Waals surface area contributed by atoms with Crippen molar-refractivity contribution in [2.45, 2.75) is 38.3 Å². The average Bonchev–Trinajstić information content (AvgIpc) is 3.12. The summed E-state index contributed by atoms with van der Waals surface area (Å²) in [5.74, 6) is 0.718. The van der Waals surface area contributed by atoms with Gasteiger partial charge in [0, 0.05) is 0 Å². The second-order valence-corrected chi connectivity index (χ2v) is 7.01. The Balaban J connectivity index is 1.78. The van der Waals surface area contributed by atoms with E-state index in [9.17, 15) is 9.90 Å². The predicted molar refractivity (Wildman–Crippen MR) is 97.6 cm³/mol. The van der Waals surface area contributed by atoms with E-state index in [4.69, 9.17) is 9.47 Å². The zero-order valence-corrected chi connectivity index (χ0v) is 14.9. The van der Waals surface area contributed by atoms with Crippen LogP contribution in [0.3, 0.4) is 0 Å². The molecule has 2 aliphatic heterocycles. The fourth-order valence-corrected chi connectivity index (χ4v) is 3.94. The van der Waals surface area contributed by atoms with Gasteiger partial charge in [0.15, 0.2) is 11.5 Å². The summed E-state index contributed by atoms with van der Waals surface area (Å²) in [5, 5.41) is 9.76. The molecule has 0 spiro atoms. The number of hydrogen-bond acceptors (Lipinski definition) is 4. The second-order valence-electron chi connectivity index (χ2n) is 7.01. The van der Waals surface area contributed by atoms with Crippen LogP contribution >= 0.6 is 0 Å². The van der Waals surface area contributed by atoms with Crippen molar-refractivity contribution in [1.29, 1.82) is 0 Å². The number of aryl methyl sites for hydroxylation is 1. The summed E-state index contributed by atoms with van der Waals surface area (Å²) >= 11 is 0. The molecule has 5 heteroatoms. The third kappa shape index (κ3) is 3.15. The molecular formula is C21H23NO4. The highest BCUT2D eigenvalue weighted by atomic mass is 16.7. The highest BCUT2D eigenvalue weighted by molar-refractivity contribution is 5.73. The first kappa shape index (κ1) is 16.9. The van der Waals surface area contributed by atoms with Gasteiger partial charge in [0.1, 0.15) is 6.04 Å². The third-order valence-corrected chi connectivity index (χ3v) is 5.27. The normalized spacial score (nSPS) is 20.7. The molecule has 136 valence electrons. The smallest absolute Gasteiger partial charge is 0.320 e. The van der Waals surface area contributed by atoms with Gasteiger partial charge in [0.2, 0.25) is 6.79 Å². The minimum atomic E-state index is -0.748. The van der Waals surface area contributed by atoms with Gasteiger partial charge in [-0.2, -0.15) is 0 Å². The maximum Gasteiger partial charge on any atom is 0.320 e. The van der Waals surface area contributed by atoms with Gasteiger partial charge < -0.3 is 14.6 Å². The third-order valence-electron chi connectivity index (χ3n) is 5.27. The van der Waals surface area contributed by atoms with Gasteiger partial charge in [-0.05, 0) is 49.6 Å². The highest BCUT2D eigenvalue weighted by Crippen LogP contribution is 2.39. The van der Waals surface area contributed by atoms with Gasteiger partial charge >= 0.3 is 5.97 Å². The van der Waals surface area contributed by atoms with Gasteiger partial charge in [-0.15, -0.1) is 0 Å². The molecule has 0 radical (unpaired) electrons. The van der Waals surface area contributed by atoms with Crippen LogP contribution in [0, 0.1) is 6.92 Å². The molecule has 2 atom stereocenters. The number of benzene rings is 2. The summed E-state index contributed by atoms with van der Waals surface area (Å²) in [5.41, 5.74) is 3.32. The Kier molecular flexibility index (Phi) is 4.55. The molecule has 4 rings (SSSR count). The quantitative estimate of drug-likeness (QED) is 0.907. The number of likely N-dealkylation sites (tertiary alicyclic amines) is 1. The number of nitrogens with zero attached hydrogens (tertiary/aromatic N) is 1. The Morgan fingerprint density at radius 1 is 1.08 bits per heavy atom. The fraction of sp³-hybridized carbons (Fsp3) is 0.381. The molecule has 2 heterocycles. The maximum absolute atomic E-state index is 11.9. The molecule has 2 aromatic rings. The number of aliphatic carboxylic acids is 1. The minimum absolute atomic E-state index is 0.119. The Bertz CT molecular complexity index is 802. The number of carboxylic acids is 1. The van der Waals surface area contributed by atoms with Crippen molar-refractivity contribution in [1.82, 2.24) is 4.90 Å². The first-order valence-corrected chi connectivity index (χ1v) is 9.08. The number of piperidine rings is 1. The van der Waals surface area contributed by atoms with Crippen molar-refractivity contribution in [3.8, 4) is 11.5 Å². The van der Waals surface area contributed by atoms with E-state index in [1.54, 1.807) is 0 Å². The fourth-order valence-electron chi connectivity index (χ4n) is 3.94. The van der Waals surface area contributed by atoms with Gasteiger partial charge in [-0.3, -0.25) is 9.69 Å². The number of ether oxygens (including phenoxy) is 2. The molecule has 0 amide bonds. The Hall–Kier alpha value is -2.53. The van der Waals surface area contributed by atoms with Gasteiger partial charge in [0.25, 0.3) is 0 Å². The Morgan fingerprint density at radius 2 is 1.81 bits per heavy atom. The average molecular weight is 353 g/mol. The summed E-state index contributed by atoms with van der Waals surface area (Å²) < 4.78 is 11.0. The lowest BCUT2D eigenvalue weighted by atomic mass is 9.91. The van der Waals surface area contributed by atoms with Crippen LogP contribution in [0.5, 0.6) is 11.5 Å². The minimum Gasteiger partial charge on any atom is -0.480 e. The van der Waals surface area contributed by atoms with E-state index >= 15 is 0 Å². The summed E-state index contributed by atoms with van der Waals surface area (Å²) in [7, 11) is 0. The Labute approximate surface area is 153 Å². The monoisotopic (exact) mass is 353 g/mol. The largest absolute Gasteiger partial charge is 0.480 e. The molecule has 26 heavy (non-hydrogen) atoms.